The van der Waals surface area contributed by atoms with Gasteiger partial charge in [0.15, 0.2) is 0 Å². The minimum atomic E-state index is -0.594. The van der Waals surface area contributed by atoms with Crippen LogP contribution in [0.3, 0.4) is 0 Å². The van der Waals surface area contributed by atoms with Crippen molar-refractivity contribution in [3.05, 3.63) is 95.7 Å². The molecule has 0 saturated carbocycles. The van der Waals surface area contributed by atoms with Crippen LogP contribution in [0.4, 0.5) is 10.5 Å². The monoisotopic (exact) mass is 426 g/mol. The van der Waals surface area contributed by atoms with E-state index in [0.717, 1.165) is 22.1 Å². The lowest BCUT2D eigenvalue weighted by Gasteiger charge is -2.14. The van der Waals surface area contributed by atoms with Gasteiger partial charge in [0.05, 0.1) is 11.2 Å². The number of urea groups is 1. The van der Waals surface area contributed by atoms with E-state index in [1.165, 1.54) is 0 Å². The highest BCUT2D eigenvalue weighted by atomic mass is 16.5. The summed E-state index contributed by atoms with van der Waals surface area (Å²) >= 11 is 0. The smallest absolute Gasteiger partial charge is 0.319 e. The molecule has 4 rings (SSSR count). The number of hydroxylamine groups is 1. The second-order valence-corrected chi connectivity index (χ2v) is 7.32. The third kappa shape index (κ3) is 4.43. The molecule has 0 aliphatic rings. The van der Waals surface area contributed by atoms with Crippen LogP contribution >= 0.6 is 0 Å². The van der Waals surface area contributed by atoms with E-state index in [1.54, 1.807) is 29.9 Å². The molecule has 0 spiro atoms. The molecule has 32 heavy (non-hydrogen) atoms. The third-order valence-electron chi connectivity index (χ3n) is 5.20. The summed E-state index contributed by atoms with van der Waals surface area (Å²) in [5.41, 5.74) is 6.73. The minimum Gasteiger partial charge on any atom is -0.334 e. The van der Waals surface area contributed by atoms with Crippen molar-refractivity contribution in [2.75, 3.05) is 5.32 Å². The highest BCUT2D eigenvalue weighted by Gasteiger charge is 2.15. The van der Waals surface area contributed by atoms with Crippen LogP contribution < -0.4 is 16.1 Å². The van der Waals surface area contributed by atoms with Gasteiger partial charge < -0.3 is 10.6 Å². The van der Waals surface area contributed by atoms with Crippen LogP contribution in [0.25, 0.3) is 22.0 Å². The summed E-state index contributed by atoms with van der Waals surface area (Å²) in [5, 5.41) is 15.7. The fraction of sp³-hybridized carbons (Fsp3) is 0.0800. The molecule has 3 amide bonds. The molecule has 0 fully saturated rings. The molecule has 7 nitrogen and oxygen atoms in total. The summed E-state index contributed by atoms with van der Waals surface area (Å²) in [6, 6.07) is 21.9. The summed E-state index contributed by atoms with van der Waals surface area (Å²) < 4.78 is 0. The third-order valence-corrected chi connectivity index (χ3v) is 5.20. The number of nitrogens with zero attached hydrogens (tertiary/aromatic N) is 1. The van der Waals surface area contributed by atoms with Gasteiger partial charge in [-0.25, -0.2) is 10.3 Å². The van der Waals surface area contributed by atoms with Crippen LogP contribution in [0, 0.1) is 6.92 Å². The SMILES string of the molecule is Cc1ccccc1-c1cc(CNC(=O)Nc2cccc3cccnc23)ccc1C(=O)NO. The second-order valence-electron chi connectivity index (χ2n) is 7.32. The van der Waals surface area contributed by atoms with Gasteiger partial charge >= 0.3 is 6.03 Å². The zero-order valence-electron chi connectivity index (χ0n) is 17.4. The Morgan fingerprint density at radius 2 is 1.75 bits per heavy atom. The number of hydrogen-bond donors (Lipinski definition) is 4. The van der Waals surface area contributed by atoms with Crippen molar-refractivity contribution in [3.8, 4) is 11.1 Å². The Hall–Kier alpha value is -4.23. The highest BCUT2D eigenvalue weighted by Crippen LogP contribution is 2.28. The van der Waals surface area contributed by atoms with Crippen molar-refractivity contribution in [1.82, 2.24) is 15.8 Å². The number of amides is 3. The molecule has 4 aromatic rings. The molecule has 1 heterocycles. The van der Waals surface area contributed by atoms with Gasteiger partial charge in [-0.2, -0.15) is 0 Å². The number of aryl methyl sites for hydroxylation is 1. The topological polar surface area (TPSA) is 103 Å². The predicted molar refractivity (Wildman–Crippen MR) is 123 cm³/mol. The quantitative estimate of drug-likeness (QED) is 0.275. The van der Waals surface area contributed by atoms with E-state index < -0.39 is 5.91 Å². The average molecular weight is 426 g/mol. The number of fused-ring (bicyclic) bond motifs is 1. The van der Waals surface area contributed by atoms with Crippen LogP contribution in [0.5, 0.6) is 0 Å². The van der Waals surface area contributed by atoms with Gasteiger partial charge in [0.25, 0.3) is 5.91 Å². The number of aromatic nitrogens is 1. The van der Waals surface area contributed by atoms with Gasteiger partial charge in [0, 0.05) is 23.7 Å². The van der Waals surface area contributed by atoms with Crippen molar-refractivity contribution >= 4 is 28.5 Å². The fourth-order valence-corrected chi connectivity index (χ4v) is 3.61. The lowest BCUT2D eigenvalue weighted by atomic mass is 9.94. The molecule has 1 aromatic heterocycles. The lowest BCUT2D eigenvalue weighted by molar-refractivity contribution is 0.0707. The van der Waals surface area contributed by atoms with Gasteiger partial charge in [-0.3, -0.25) is 15.0 Å². The molecule has 0 aliphatic heterocycles. The van der Waals surface area contributed by atoms with Crippen molar-refractivity contribution in [2.45, 2.75) is 13.5 Å². The molecule has 0 atom stereocenters. The number of pyridine rings is 1. The first-order chi connectivity index (χ1) is 15.6. The number of anilines is 1. The van der Waals surface area contributed by atoms with Gasteiger partial charge in [-0.1, -0.05) is 48.5 Å². The number of para-hydroxylation sites is 1. The second kappa shape index (κ2) is 9.28. The molecule has 0 unspecified atom stereocenters. The molecule has 7 heteroatoms. The molecule has 0 bridgehead atoms. The minimum absolute atomic E-state index is 0.254. The van der Waals surface area contributed by atoms with E-state index in [1.807, 2.05) is 61.5 Å². The molecule has 160 valence electrons. The normalized spacial score (nSPS) is 10.6. The number of benzene rings is 3. The van der Waals surface area contributed by atoms with Gasteiger partial charge in [-0.15, -0.1) is 0 Å². The van der Waals surface area contributed by atoms with Crippen molar-refractivity contribution in [2.24, 2.45) is 0 Å². The Kier molecular flexibility index (Phi) is 6.10. The van der Waals surface area contributed by atoms with Crippen LogP contribution in [-0.2, 0) is 6.54 Å². The Morgan fingerprint density at radius 1 is 0.938 bits per heavy atom. The molecule has 4 N–H and O–H groups in total. The average Bonchev–Trinajstić information content (AvgIpc) is 2.83. The molecule has 0 radical (unpaired) electrons. The van der Waals surface area contributed by atoms with Gasteiger partial charge in [-0.05, 0) is 53.4 Å². The summed E-state index contributed by atoms with van der Waals surface area (Å²) in [6.07, 6.45) is 1.68. The Balaban J connectivity index is 1.54. The standard InChI is InChI=1S/C25H22N4O3/c1-16-6-2-3-9-19(16)21-14-17(11-12-20(21)24(30)29-32)15-27-25(31)28-22-10-4-7-18-8-5-13-26-23(18)22/h2-14,32H,15H2,1H3,(H,29,30)(H2,27,28,31). The van der Waals surface area contributed by atoms with Crippen LogP contribution in [0.1, 0.15) is 21.5 Å². The zero-order chi connectivity index (χ0) is 22.5. The molecular weight excluding hydrogens is 404 g/mol. The van der Waals surface area contributed by atoms with Gasteiger partial charge in [0.1, 0.15) is 0 Å². The van der Waals surface area contributed by atoms with E-state index in [-0.39, 0.29) is 12.6 Å². The Morgan fingerprint density at radius 3 is 2.56 bits per heavy atom. The predicted octanol–water partition coefficient (Wildman–Crippen LogP) is 4.65. The van der Waals surface area contributed by atoms with Crippen LogP contribution in [0.2, 0.25) is 0 Å². The van der Waals surface area contributed by atoms with Crippen molar-refractivity contribution in [3.63, 3.8) is 0 Å². The van der Waals surface area contributed by atoms with E-state index >= 15 is 0 Å². The number of carbonyl (C=O) groups excluding carboxylic acids is 2. The fourth-order valence-electron chi connectivity index (χ4n) is 3.61. The number of nitrogens with one attached hydrogen (secondary N) is 3. The maximum absolute atomic E-state index is 12.5. The number of rotatable bonds is 5. The first kappa shape index (κ1) is 21.0. The Bertz CT molecular complexity index is 1300. The summed E-state index contributed by atoms with van der Waals surface area (Å²) in [7, 11) is 0. The van der Waals surface area contributed by atoms with Crippen LogP contribution in [-0.4, -0.2) is 22.1 Å². The molecule has 0 aliphatic carbocycles. The van der Waals surface area contributed by atoms with Gasteiger partial charge in [0.2, 0.25) is 0 Å². The first-order valence-corrected chi connectivity index (χ1v) is 10.1. The van der Waals surface area contributed by atoms with E-state index in [4.69, 9.17) is 5.21 Å². The zero-order valence-corrected chi connectivity index (χ0v) is 17.4. The van der Waals surface area contributed by atoms with E-state index in [9.17, 15) is 9.59 Å². The summed E-state index contributed by atoms with van der Waals surface area (Å²) in [4.78, 5) is 29.0. The first-order valence-electron chi connectivity index (χ1n) is 10.1. The maximum Gasteiger partial charge on any atom is 0.319 e. The number of hydrogen-bond acceptors (Lipinski definition) is 4. The van der Waals surface area contributed by atoms with Crippen LogP contribution in [0.15, 0.2) is 79.0 Å². The molecular formula is C25H22N4O3. The molecule has 3 aromatic carbocycles. The molecule has 0 saturated heterocycles. The summed E-state index contributed by atoms with van der Waals surface area (Å²) in [6.45, 7) is 2.20. The van der Waals surface area contributed by atoms with E-state index in [0.29, 0.717) is 22.3 Å². The Labute approximate surface area is 185 Å². The number of carbonyl (C=O) groups is 2. The van der Waals surface area contributed by atoms with Crippen molar-refractivity contribution < 1.29 is 14.8 Å². The highest BCUT2D eigenvalue weighted by molar-refractivity contribution is 6.01. The van der Waals surface area contributed by atoms with E-state index in [2.05, 4.69) is 15.6 Å². The summed E-state index contributed by atoms with van der Waals surface area (Å²) in [5.74, 6) is -0.594. The largest absolute Gasteiger partial charge is 0.334 e. The maximum atomic E-state index is 12.5. The van der Waals surface area contributed by atoms with Crippen molar-refractivity contribution in [1.29, 1.82) is 0 Å². The lowest BCUT2D eigenvalue weighted by Crippen LogP contribution is -2.28.